The summed E-state index contributed by atoms with van der Waals surface area (Å²) in [5.74, 6) is 2.57. The smallest absolute Gasteiger partial charge is 0.326 e. The molecule has 2 aliphatic rings. The van der Waals surface area contributed by atoms with Crippen LogP contribution in [-0.4, -0.2) is 63.5 Å². The van der Waals surface area contributed by atoms with Gasteiger partial charge in [0.15, 0.2) is 11.5 Å². The summed E-state index contributed by atoms with van der Waals surface area (Å²) in [7, 11) is -2.50. The topological polar surface area (TPSA) is 122 Å². The maximum absolute atomic E-state index is 13.3. The van der Waals surface area contributed by atoms with E-state index < -0.39 is 27.4 Å². The molecule has 2 N–H and O–H groups in total. The highest BCUT2D eigenvalue weighted by atomic mass is 35.5. The Balaban J connectivity index is 1.34. The number of nitrogens with zero attached hydrogens (tertiary/aromatic N) is 1. The molecule has 2 heterocycles. The molecule has 0 fully saturated rings. The molecule has 0 saturated heterocycles. The van der Waals surface area contributed by atoms with Crippen molar-refractivity contribution in [2.75, 3.05) is 19.6 Å². The molecule has 2 amide bonds. The standard InChI is InChI=1S/C29H26Cl2N2O7S/c1-41(2,38)19-5-3-4-16(10-19)11-22(29(36)37)32-27(34)25-21(30)12-18-14-33(9-8-20(18)26(25)31)28(35)17-6-7-23-24(13-17)40-15-39-23/h3-7,10,12-13,22H,1,8-9,11,14-15H2,2H3,(H,32,34)(H,36,37)/t22-,41?/m0/s1. The molecular weight excluding hydrogens is 591 g/mol. The number of halogens is 2. The number of aliphatic carboxylic acids is 1. The van der Waals surface area contributed by atoms with E-state index in [1.54, 1.807) is 53.4 Å². The van der Waals surface area contributed by atoms with Crippen LogP contribution in [0.3, 0.4) is 0 Å². The third kappa shape index (κ3) is 6.00. The first-order valence-electron chi connectivity index (χ1n) is 12.6. The van der Waals surface area contributed by atoms with Crippen LogP contribution in [0.2, 0.25) is 10.0 Å². The van der Waals surface area contributed by atoms with Crippen molar-refractivity contribution in [1.82, 2.24) is 10.2 Å². The summed E-state index contributed by atoms with van der Waals surface area (Å²) in [5, 5.41) is 12.5. The number of amides is 2. The summed E-state index contributed by atoms with van der Waals surface area (Å²) in [6.07, 6.45) is 1.81. The van der Waals surface area contributed by atoms with Gasteiger partial charge in [0, 0.05) is 36.2 Å². The van der Waals surface area contributed by atoms with E-state index >= 15 is 0 Å². The molecule has 0 bridgehead atoms. The molecular formula is C29H26Cl2N2O7S. The van der Waals surface area contributed by atoms with E-state index in [4.69, 9.17) is 32.7 Å². The number of carbonyl (C=O) groups excluding carboxylic acids is 2. The number of nitrogens with one attached hydrogen (secondary N) is 1. The number of fused-ring (bicyclic) bond motifs is 2. The van der Waals surface area contributed by atoms with E-state index in [1.807, 2.05) is 0 Å². The van der Waals surface area contributed by atoms with Crippen LogP contribution in [-0.2, 0) is 33.7 Å². The number of ether oxygens (including phenoxy) is 2. The monoisotopic (exact) mass is 616 g/mol. The molecule has 3 aromatic carbocycles. The highest BCUT2D eigenvalue weighted by molar-refractivity contribution is 7.99. The number of hydrogen-bond donors (Lipinski definition) is 2. The van der Waals surface area contributed by atoms with Crippen molar-refractivity contribution in [3.8, 4) is 11.5 Å². The Morgan fingerprint density at radius 3 is 2.61 bits per heavy atom. The first kappa shape index (κ1) is 28.8. The Morgan fingerprint density at radius 1 is 1.12 bits per heavy atom. The minimum Gasteiger partial charge on any atom is -0.480 e. The van der Waals surface area contributed by atoms with Gasteiger partial charge in [-0.1, -0.05) is 35.3 Å². The first-order chi connectivity index (χ1) is 19.4. The average molecular weight is 618 g/mol. The summed E-state index contributed by atoms with van der Waals surface area (Å²) in [6.45, 7) is 0.685. The van der Waals surface area contributed by atoms with Crippen LogP contribution in [0.5, 0.6) is 11.5 Å². The molecule has 12 heteroatoms. The third-order valence-corrected chi connectivity index (χ3v) is 8.95. The lowest BCUT2D eigenvalue weighted by Gasteiger charge is -2.30. The van der Waals surface area contributed by atoms with E-state index in [0.717, 1.165) is 0 Å². The van der Waals surface area contributed by atoms with Crippen LogP contribution < -0.4 is 14.8 Å². The zero-order valence-corrected chi connectivity index (χ0v) is 24.3. The largest absolute Gasteiger partial charge is 0.480 e. The normalized spacial score (nSPS) is 15.9. The Hall–Kier alpha value is -3.73. The third-order valence-electron chi connectivity index (χ3n) is 6.98. The molecule has 214 valence electrons. The van der Waals surface area contributed by atoms with Gasteiger partial charge in [0.1, 0.15) is 6.04 Å². The minimum absolute atomic E-state index is 0.0306. The Bertz CT molecular complexity index is 1690. The average Bonchev–Trinajstić information content (AvgIpc) is 3.39. The highest BCUT2D eigenvalue weighted by Gasteiger charge is 2.30. The quantitative estimate of drug-likeness (QED) is 0.384. The second kappa shape index (κ2) is 11.3. The van der Waals surface area contributed by atoms with Crippen molar-refractivity contribution in [3.63, 3.8) is 0 Å². The summed E-state index contributed by atoms with van der Waals surface area (Å²) in [4.78, 5) is 40.6. The van der Waals surface area contributed by atoms with Crippen molar-refractivity contribution in [3.05, 3.63) is 86.4 Å². The van der Waals surface area contributed by atoms with Crippen LogP contribution in [0.15, 0.2) is 53.4 Å². The molecule has 9 nitrogen and oxygen atoms in total. The van der Waals surface area contributed by atoms with Gasteiger partial charge in [-0.05, 0) is 74.9 Å². The van der Waals surface area contributed by atoms with Crippen molar-refractivity contribution >= 4 is 56.4 Å². The summed E-state index contributed by atoms with van der Waals surface area (Å²) >= 11 is 13.2. The highest BCUT2D eigenvalue weighted by Crippen LogP contribution is 2.36. The van der Waals surface area contributed by atoms with Crippen LogP contribution in [0.4, 0.5) is 0 Å². The molecule has 41 heavy (non-hydrogen) atoms. The van der Waals surface area contributed by atoms with Gasteiger partial charge < -0.3 is 24.8 Å². The molecule has 2 atom stereocenters. The van der Waals surface area contributed by atoms with Crippen molar-refractivity contribution in [2.45, 2.75) is 30.3 Å². The predicted molar refractivity (Wildman–Crippen MR) is 156 cm³/mol. The fourth-order valence-corrected chi connectivity index (χ4v) is 6.38. The van der Waals surface area contributed by atoms with Crippen LogP contribution in [0.1, 0.15) is 37.4 Å². The van der Waals surface area contributed by atoms with E-state index in [9.17, 15) is 23.7 Å². The van der Waals surface area contributed by atoms with Crippen LogP contribution >= 0.6 is 23.2 Å². The van der Waals surface area contributed by atoms with Gasteiger partial charge in [-0.2, -0.15) is 0 Å². The van der Waals surface area contributed by atoms with E-state index in [-0.39, 0.29) is 41.3 Å². The van der Waals surface area contributed by atoms with Crippen molar-refractivity contribution < 1.29 is 33.2 Å². The molecule has 0 aromatic heterocycles. The molecule has 0 saturated carbocycles. The second-order valence-corrected chi connectivity index (χ2v) is 13.2. The number of carboxylic acids is 1. The minimum atomic E-state index is -2.50. The van der Waals surface area contributed by atoms with Gasteiger partial charge in [0.25, 0.3) is 11.8 Å². The van der Waals surface area contributed by atoms with Gasteiger partial charge in [0.05, 0.1) is 15.6 Å². The van der Waals surface area contributed by atoms with Gasteiger partial charge in [0.2, 0.25) is 6.79 Å². The van der Waals surface area contributed by atoms with E-state index in [0.29, 0.717) is 51.6 Å². The molecule has 2 aliphatic heterocycles. The number of hydrogen-bond acceptors (Lipinski definition) is 6. The number of carboxylic acid groups (broad SMARTS) is 1. The molecule has 0 spiro atoms. The molecule has 0 radical (unpaired) electrons. The fourth-order valence-electron chi connectivity index (χ4n) is 4.85. The zero-order chi connectivity index (χ0) is 29.5. The van der Waals surface area contributed by atoms with Crippen molar-refractivity contribution in [1.29, 1.82) is 0 Å². The lowest BCUT2D eigenvalue weighted by molar-refractivity contribution is -0.139. The van der Waals surface area contributed by atoms with Crippen LogP contribution in [0, 0.1) is 0 Å². The summed E-state index contributed by atoms with van der Waals surface area (Å²) in [5.41, 5.74) is 2.36. The second-order valence-electron chi connectivity index (χ2n) is 9.95. The Kier molecular flexibility index (Phi) is 7.91. The fraction of sp³-hybridized carbons (Fsp3) is 0.241. The van der Waals surface area contributed by atoms with E-state index in [2.05, 4.69) is 11.2 Å². The van der Waals surface area contributed by atoms with Gasteiger partial charge in [-0.15, -0.1) is 0 Å². The molecule has 0 aliphatic carbocycles. The van der Waals surface area contributed by atoms with Gasteiger partial charge in [-0.3, -0.25) is 13.8 Å². The predicted octanol–water partition coefficient (Wildman–Crippen LogP) is 4.05. The zero-order valence-electron chi connectivity index (χ0n) is 21.9. The molecule has 1 unspecified atom stereocenters. The summed E-state index contributed by atoms with van der Waals surface area (Å²) < 4.78 is 23.0. The Morgan fingerprint density at radius 2 is 1.88 bits per heavy atom. The van der Waals surface area contributed by atoms with Gasteiger partial charge in [-0.25, -0.2) is 4.79 Å². The molecule has 3 aromatic rings. The van der Waals surface area contributed by atoms with Crippen molar-refractivity contribution in [2.24, 2.45) is 0 Å². The Labute approximate surface area is 247 Å². The lowest BCUT2D eigenvalue weighted by atomic mass is 9.95. The van der Waals surface area contributed by atoms with Gasteiger partial charge >= 0.3 is 5.97 Å². The van der Waals surface area contributed by atoms with E-state index in [1.165, 1.54) is 6.26 Å². The van der Waals surface area contributed by atoms with Crippen LogP contribution in [0.25, 0.3) is 0 Å². The summed E-state index contributed by atoms with van der Waals surface area (Å²) in [6, 6.07) is 11.9. The molecule has 5 rings (SSSR count). The SMILES string of the molecule is C=S(C)(=O)c1cccc(C[C@H](NC(=O)c2c(Cl)cc3c(c2Cl)CCN(C(=O)c2ccc4c(c2)OCO4)C3)C(=O)O)c1. The number of benzene rings is 3. The first-order valence-corrected chi connectivity index (χ1v) is 15.4. The lowest BCUT2D eigenvalue weighted by Crippen LogP contribution is -2.42. The maximum Gasteiger partial charge on any atom is 0.326 e. The maximum atomic E-state index is 13.3. The number of rotatable bonds is 7. The number of carbonyl (C=O) groups is 3.